The lowest BCUT2D eigenvalue weighted by Crippen LogP contribution is -2.57. The Kier molecular flexibility index (Phi) is 6.94. The van der Waals surface area contributed by atoms with Crippen LogP contribution in [0.15, 0.2) is 24.3 Å². The van der Waals surface area contributed by atoms with Gasteiger partial charge in [-0.1, -0.05) is 36.2 Å². The van der Waals surface area contributed by atoms with Crippen molar-refractivity contribution < 1.29 is 29.0 Å². The fourth-order valence-corrected chi connectivity index (χ4v) is 6.83. The Balaban J connectivity index is 1.77. The summed E-state index contributed by atoms with van der Waals surface area (Å²) in [5.41, 5.74) is -0.613. The summed E-state index contributed by atoms with van der Waals surface area (Å²) in [7, 11) is 3.09. The Bertz CT molecular complexity index is 959. The van der Waals surface area contributed by atoms with E-state index in [-0.39, 0.29) is 29.2 Å². The molecule has 1 spiro atoms. The highest BCUT2D eigenvalue weighted by Gasteiger charge is 2.77. The van der Waals surface area contributed by atoms with Crippen LogP contribution in [0.3, 0.4) is 0 Å². The van der Waals surface area contributed by atoms with Gasteiger partial charge in [-0.15, -0.1) is 0 Å². The van der Waals surface area contributed by atoms with Crippen LogP contribution in [0.25, 0.3) is 0 Å². The first-order valence-electron chi connectivity index (χ1n) is 11.6. The number of benzene rings is 1. The molecule has 186 valence electrons. The number of halogens is 1. The molecule has 1 aromatic rings. The van der Waals surface area contributed by atoms with E-state index in [0.29, 0.717) is 24.3 Å². The van der Waals surface area contributed by atoms with E-state index in [1.54, 1.807) is 31.4 Å². The number of alkyl halides is 1. The van der Waals surface area contributed by atoms with Gasteiger partial charge >= 0.3 is 0 Å². The SMILES string of the molecule is CC[C@H](C)[C@H](CO)N1C(=O)[C@@H]2[C@H](C(=O)NC)[C@H]3OC2(CC3Br)C1C(=O)Nc1ccc(OC)cc1. The Morgan fingerprint density at radius 2 is 2.00 bits per heavy atom. The minimum atomic E-state index is -1.16. The molecule has 0 radical (unpaired) electrons. The van der Waals surface area contributed by atoms with Crippen molar-refractivity contribution in [3.8, 4) is 5.75 Å². The number of carbonyl (C=O) groups is 3. The Morgan fingerprint density at radius 3 is 2.56 bits per heavy atom. The molecule has 0 saturated carbocycles. The van der Waals surface area contributed by atoms with Crippen molar-refractivity contribution in [1.29, 1.82) is 0 Å². The van der Waals surface area contributed by atoms with Gasteiger partial charge in [0, 0.05) is 17.6 Å². The van der Waals surface area contributed by atoms with E-state index >= 15 is 0 Å². The average Bonchev–Trinajstić information content (AvgIpc) is 3.43. The second-order valence-electron chi connectivity index (χ2n) is 9.38. The molecule has 3 amide bonds. The quantitative estimate of drug-likeness (QED) is 0.433. The minimum Gasteiger partial charge on any atom is -0.497 e. The number of ether oxygens (including phenoxy) is 2. The zero-order chi connectivity index (χ0) is 24.8. The molecule has 34 heavy (non-hydrogen) atoms. The van der Waals surface area contributed by atoms with E-state index in [0.717, 1.165) is 0 Å². The Hall–Kier alpha value is -2.17. The fourth-order valence-electron chi connectivity index (χ4n) is 5.89. The van der Waals surface area contributed by atoms with Gasteiger partial charge in [-0.2, -0.15) is 0 Å². The Morgan fingerprint density at radius 1 is 1.32 bits per heavy atom. The fraction of sp³-hybridized carbons (Fsp3) is 0.625. The molecule has 9 nitrogen and oxygen atoms in total. The van der Waals surface area contributed by atoms with Crippen LogP contribution in [-0.2, 0) is 19.1 Å². The van der Waals surface area contributed by atoms with Crippen molar-refractivity contribution in [2.75, 3.05) is 26.1 Å². The largest absolute Gasteiger partial charge is 0.497 e. The molecule has 3 saturated heterocycles. The molecule has 3 N–H and O–H groups in total. The molecular weight excluding hydrogens is 506 g/mol. The summed E-state index contributed by atoms with van der Waals surface area (Å²) in [6.45, 7) is 3.63. The monoisotopic (exact) mass is 537 g/mol. The standard InChI is InChI=1S/C24H32BrN3O6/c1-5-12(2)16(11-29)28-20(22(31)27-13-6-8-14(33-4)9-7-13)24-10-15(25)19(34-24)17(21(30)26-3)18(24)23(28)32/h6-9,12,15-20,29H,5,10-11H2,1-4H3,(H,26,30)(H,27,31)/t12-,15?,16-,17-,18-,19-,20?,24?/m0/s1. The Labute approximate surface area is 207 Å². The second-order valence-corrected chi connectivity index (χ2v) is 10.6. The molecule has 3 aliphatic heterocycles. The molecule has 3 unspecified atom stereocenters. The maximum Gasteiger partial charge on any atom is 0.250 e. The number of hydrogen-bond donors (Lipinski definition) is 3. The van der Waals surface area contributed by atoms with E-state index in [9.17, 15) is 19.5 Å². The first kappa shape index (κ1) is 24.9. The van der Waals surface area contributed by atoms with Gasteiger partial charge in [-0.3, -0.25) is 14.4 Å². The molecule has 0 aromatic heterocycles. The second kappa shape index (κ2) is 9.47. The number of anilines is 1. The van der Waals surface area contributed by atoms with Crippen LogP contribution in [0, 0.1) is 17.8 Å². The highest BCUT2D eigenvalue weighted by molar-refractivity contribution is 9.09. The summed E-state index contributed by atoms with van der Waals surface area (Å²) < 4.78 is 11.6. The van der Waals surface area contributed by atoms with Gasteiger partial charge in [0.1, 0.15) is 17.4 Å². The maximum absolute atomic E-state index is 13.9. The van der Waals surface area contributed by atoms with Crippen LogP contribution >= 0.6 is 15.9 Å². The van der Waals surface area contributed by atoms with Crippen LogP contribution in [0.2, 0.25) is 0 Å². The number of fused-ring (bicyclic) bond motifs is 1. The number of aliphatic hydroxyl groups excluding tert-OH is 1. The van der Waals surface area contributed by atoms with Gasteiger partial charge in [0.05, 0.1) is 37.7 Å². The summed E-state index contributed by atoms with van der Waals surface area (Å²) in [5, 5.41) is 15.9. The third-order valence-corrected chi connectivity index (χ3v) is 8.57. The first-order valence-corrected chi connectivity index (χ1v) is 12.6. The van der Waals surface area contributed by atoms with E-state index < -0.39 is 41.5 Å². The lowest BCUT2D eigenvalue weighted by Gasteiger charge is -2.38. The summed E-state index contributed by atoms with van der Waals surface area (Å²) in [5.74, 6) is -1.92. The molecule has 2 bridgehead atoms. The van der Waals surface area contributed by atoms with Crippen molar-refractivity contribution in [1.82, 2.24) is 10.2 Å². The highest BCUT2D eigenvalue weighted by atomic mass is 79.9. The van der Waals surface area contributed by atoms with Crippen LogP contribution in [0.5, 0.6) is 5.75 Å². The van der Waals surface area contributed by atoms with Crippen LogP contribution < -0.4 is 15.4 Å². The number of methoxy groups -OCH3 is 1. The molecule has 8 atom stereocenters. The molecule has 1 aromatic carbocycles. The third kappa shape index (κ3) is 3.70. The van der Waals surface area contributed by atoms with E-state index in [2.05, 4.69) is 26.6 Å². The topological polar surface area (TPSA) is 117 Å². The number of nitrogens with zero attached hydrogens (tertiary/aromatic N) is 1. The van der Waals surface area contributed by atoms with Crippen molar-refractivity contribution in [3.63, 3.8) is 0 Å². The van der Waals surface area contributed by atoms with Crippen LogP contribution in [0.1, 0.15) is 26.7 Å². The highest BCUT2D eigenvalue weighted by Crippen LogP contribution is 2.60. The molecule has 0 aliphatic carbocycles. The molecule has 10 heteroatoms. The normalized spacial score (nSPS) is 33.4. The number of amides is 3. The van der Waals surface area contributed by atoms with Gasteiger partial charge in [-0.05, 0) is 36.6 Å². The van der Waals surface area contributed by atoms with Gasteiger partial charge < -0.3 is 30.1 Å². The van der Waals surface area contributed by atoms with E-state index in [1.165, 1.54) is 11.9 Å². The maximum atomic E-state index is 13.9. The number of aliphatic hydroxyl groups is 1. The number of carbonyl (C=O) groups excluding carboxylic acids is 3. The molecule has 3 aliphatic rings. The van der Waals surface area contributed by atoms with Gasteiger partial charge in [0.2, 0.25) is 17.7 Å². The van der Waals surface area contributed by atoms with Gasteiger partial charge in [-0.25, -0.2) is 0 Å². The van der Waals surface area contributed by atoms with Crippen molar-refractivity contribution in [2.24, 2.45) is 17.8 Å². The van der Waals surface area contributed by atoms with Crippen LogP contribution in [0.4, 0.5) is 5.69 Å². The summed E-state index contributed by atoms with van der Waals surface area (Å²) in [4.78, 5) is 41.9. The van der Waals surface area contributed by atoms with Crippen LogP contribution in [-0.4, -0.2) is 77.1 Å². The minimum absolute atomic E-state index is 0.0594. The first-order chi connectivity index (χ1) is 16.2. The number of hydrogen-bond acceptors (Lipinski definition) is 6. The van der Waals surface area contributed by atoms with Gasteiger partial charge in [0.25, 0.3) is 0 Å². The van der Waals surface area contributed by atoms with Crippen molar-refractivity contribution in [3.05, 3.63) is 24.3 Å². The lowest BCUT2D eigenvalue weighted by atomic mass is 9.70. The van der Waals surface area contributed by atoms with Crippen molar-refractivity contribution >= 4 is 39.3 Å². The molecule has 3 fully saturated rings. The van der Waals surface area contributed by atoms with Crippen molar-refractivity contribution in [2.45, 2.75) is 55.3 Å². The smallest absolute Gasteiger partial charge is 0.250 e. The summed E-state index contributed by atoms with van der Waals surface area (Å²) in [6, 6.07) is 5.34. The molecular formula is C24H32BrN3O6. The zero-order valence-corrected chi connectivity index (χ0v) is 21.4. The third-order valence-electron chi connectivity index (χ3n) is 7.73. The number of nitrogens with one attached hydrogen (secondary N) is 2. The zero-order valence-electron chi connectivity index (χ0n) is 19.8. The van der Waals surface area contributed by atoms with E-state index in [1.807, 2.05) is 13.8 Å². The predicted octanol–water partition coefficient (Wildman–Crippen LogP) is 1.53. The van der Waals surface area contributed by atoms with E-state index in [4.69, 9.17) is 9.47 Å². The number of rotatable bonds is 8. The molecule has 4 rings (SSSR count). The molecule has 3 heterocycles. The predicted molar refractivity (Wildman–Crippen MR) is 129 cm³/mol. The lowest BCUT2D eigenvalue weighted by molar-refractivity contribution is -0.145. The summed E-state index contributed by atoms with van der Waals surface area (Å²) >= 11 is 3.63. The summed E-state index contributed by atoms with van der Waals surface area (Å²) in [6.07, 6.45) is 0.615. The van der Waals surface area contributed by atoms with Gasteiger partial charge in [0.15, 0.2) is 0 Å². The number of likely N-dealkylation sites (tertiary alicyclic amines) is 1. The average molecular weight is 538 g/mol.